The zero-order chi connectivity index (χ0) is 28.5. The summed E-state index contributed by atoms with van der Waals surface area (Å²) in [7, 11) is -3.92. The van der Waals surface area contributed by atoms with Crippen LogP contribution in [0.25, 0.3) is 0 Å². The Labute approximate surface area is 241 Å². The van der Waals surface area contributed by atoms with Crippen LogP contribution in [0.15, 0.2) is 65.1 Å². The Morgan fingerprint density at radius 1 is 1.23 bits per heavy atom. The zero-order valence-electron chi connectivity index (χ0n) is 22.7. The largest absolute Gasteiger partial charge is 0.395 e. The van der Waals surface area contributed by atoms with Crippen molar-refractivity contribution in [1.29, 1.82) is 0 Å². The van der Waals surface area contributed by atoms with Gasteiger partial charge in [-0.25, -0.2) is 21.5 Å². The monoisotopic (exact) mass is 603 g/mol. The molecule has 6 nitrogen and oxygen atoms in total. The van der Waals surface area contributed by atoms with Gasteiger partial charge in [-0.1, -0.05) is 42.6 Å². The van der Waals surface area contributed by atoms with Gasteiger partial charge in [-0.05, 0) is 74.8 Å². The highest BCUT2D eigenvalue weighted by Gasteiger charge is 2.56. The molecule has 0 unspecified atom stereocenters. The molecule has 1 saturated heterocycles. The summed E-state index contributed by atoms with van der Waals surface area (Å²) in [5.74, 6) is -0.665. The fourth-order valence-electron chi connectivity index (χ4n) is 4.98. The lowest BCUT2D eigenvalue weighted by molar-refractivity contribution is 0.150. The molecule has 0 aromatic heterocycles. The second-order valence-corrected chi connectivity index (χ2v) is 13.3. The molecule has 1 saturated carbocycles. The summed E-state index contributed by atoms with van der Waals surface area (Å²) in [5.41, 5.74) is -0.173. The predicted octanol–water partition coefficient (Wildman–Crippen LogP) is 5.87. The normalized spacial score (nSPS) is 22.6. The number of piperidine rings is 1. The second kappa shape index (κ2) is 15.1. The van der Waals surface area contributed by atoms with E-state index in [1.165, 1.54) is 25.1 Å². The van der Waals surface area contributed by atoms with Crippen LogP contribution in [0.2, 0.25) is 5.02 Å². The maximum Gasteiger partial charge on any atom is 0.243 e. The minimum absolute atomic E-state index is 0.0987. The Balaban J connectivity index is 1.88. The number of sulfonamides is 1. The van der Waals surface area contributed by atoms with Gasteiger partial charge in [-0.15, -0.1) is 0 Å². The number of likely N-dealkylation sites (N-methyl/N-ethyl adjacent to an activating group) is 1. The van der Waals surface area contributed by atoms with Crippen molar-refractivity contribution in [3.05, 3.63) is 65.2 Å². The topological polar surface area (TPSA) is 72.9 Å². The highest BCUT2D eigenvalue weighted by Crippen LogP contribution is 2.56. The number of aliphatic hydroxyl groups is 1. The van der Waals surface area contributed by atoms with E-state index >= 15 is 0 Å². The van der Waals surface area contributed by atoms with Crippen LogP contribution in [0.1, 0.15) is 46.0 Å². The summed E-state index contributed by atoms with van der Waals surface area (Å²) in [6.07, 6.45) is 8.64. The molecule has 218 valence electrons. The molecular formula is C28H40ClF2N3O3S2. The summed E-state index contributed by atoms with van der Waals surface area (Å²) >= 11 is 7.78. The first-order chi connectivity index (χ1) is 18.7. The van der Waals surface area contributed by atoms with E-state index in [9.17, 15) is 17.2 Å². The Morgan fingerprint density at radius 2 is 1.95 bits per heavy atom. The summed E-state index contributed by atoms with van der Waals surface area (Å²) < 4.78 is 60.0. The van der Waals surface area contributed by atoms with Gasteiger partial charge in [0.15, 0.2) is 0 Å². The molecule has 0 spiro atoms. The van der Waals surface area contributed by atoms with Crippen molar-refractivity contribution in [2.75, 3.05) is 38.5 Å². The molecule has 2 aliphatic rings. The SMILES string of the molecule is C\C=C(F)/C=C(F)\C=C\[C@@H]1CCC[C@H](C2(CSN(CC)CCNCCO)CC2)N1S(=O)(=O)c1ccc(Cl)cc1. The van der Waals surface area contributed by atoms with Crippen LogP contribution >= 0.6 is 23.5 Å². The average Bonchev–Trinajstić information content (AvgIpc) is 3.72. The minimum Gasteiger partial charge on any atom is -0.395 e. The fraction of sp³-hybridized carbons (Fsp3) is 0.571. The molecule has 1 heterocycles. The van der Waals surface area contributed by atoms with Crippen LogP contribution in [0.4, 0.5) is 8.78 Å². The number of nitrogens with one attached hydrogen (secondary N) is 1. The number of hydrogen-bond donors (Lipinski definition) is 2. The van der Waals surface area contributed by atoms with E-state index in [1.807, 2.05) is 0 Å². The number of hydrogen-bond acceptors (Lipinski definition) is 6. The lowest BCUT2D eigenvalue weighted by Crippen LogP contribution is -2.53. The molecule has 0 amide bonds. The minimum atomic E-state index is -3.92. The number of allylic oxidation sites excluding steroid dienone is 5. The highest BCUT2D eigenvalue weighted by atomic mass is 35.5. The van der Waals surface area contributed by atoms with Gasteiger partial charge in [0.05, 0.1) is 11.5 Å². The number of nitrogens with zero attached hydrogens (tertiary/aromatic N) is 2. The molecule has 2 atom stereocenters. The van der Waals surface area contributed by atoms with Gasteiger partial charge in [0, 0.05) is 55.1 Å². The maximum atomic E-state index is 14.4. The van der Waals surface area contributed by atoms with Crippen molar-refractivity contribution in [3.8, 4) is 0 Å². The Hall–Kier alpha value is -1.27. The van der Waals surface area contributed by atoms with E-state index in [0.717, 1.165) is 63.2 Å². The first kappa shape index (κ1) is 32.2. The highest BCUT2D eigenvalue weighted by molar-refractivity contribution is 7.97. The Morgan fingerprint density at radius 3 is 2.56 bits per heavy atom. The van der Waals surface area contributed by atoms with E-state index in [2.05, 4.69) is 16.5 Å². The number of halogens is 3. The maximum absolute atomic E-state index is 14.4. The lowest BCUT2D eigenvalue weighted by atomic mass is 9.87. The van der Waals surface area contributed by atoms with Gasteiger partial charge < -0.3 is 10.4 Å². The molecule has 1 aliphatic heterocycles. The van der Waals surface area contributed by atoms with Crippen molar-refractivity contribution in [2.24, 2.45) is 5.41 Å². The summed E-state index contributed by atoms with van der Waals surface area (Å²) in [5, 5.41) is 12.6. The van der Waals surface area contributed by atoms with Gasteiger partial charge in [0.2, 0.25) is 10.0 Å². The summed E-state index contributed by atoms with van der Waals surface area (Å²) in [6.45, 7) is 6.64. The molecule has 11 heteroatoms. The Kier molecular flexibility index (Phi) is 12.5. The van der Waals surface area contributed by atoms with Gasteiger partial charge in [0.25, 0.3) is 0 Å². The fourth-order valence-corrected chi connectivity index (χ4v) is 8.35. The summed E-state index contributed by atoms with van der Waals surface area (Å²) in [4.78, 5) is 0.154. The van der Waals surface area contributed by atoms with Crippen LogP contribution in [0.5, 0.6) is 0 Å². The molecular weight excluding hydrogens is 564 g/mol. The van der Waals surface area contributed by atoms with Gasteiger partial charge in [-0.2, -0.15) is 4.31 Å². The quantitative estimate of drug-likeness (QED) is 0.148. The van der Waals surface area contributed by atoms with E-state index in [4.69, 9.17) is 16.7 Å². The molecule has 0 radical (unpaired) electrons. The first-order valence-corrected chi connectivity index (χ1v) is 16.3. The van der Waals surface area contributed by atoms with Crippen molar-refractivity contribution in [2.45, 2.75) is 62.9 Å². The van der Waals surface area contributed by atoms with E-state index in [1.54, 1.807) is 34.5 Å². The van der Waals surface area contributed by atoms with Gasteiger partial charge >= 0.3 is 0 Å². The third-order valence-corrected chi connectivity index (χ3v) is 11.1. The van der Waals surface area contributed by atoms with Crippen LogP contribution in [-0.2, 0) is 10.0 Å². The lowest BCUT2D eigenvalue weighted by Gasteiger charge is -2.44. The number of aliphatic hydroxyl groups excluding tert-OH is 1. The van der Waals surface area contributed by atoms with Crippen LogP contribution in [0.3, 0.4) is 0 Å². The standard InChI is InChI=1S/C28H40ClF2N3O3S2/c1-3-23(30)20-24(31)10-11-25-6-5-7-27(34(25)39(36,37)26-12-8-22(29)9-13-26)28(14-15-28)21-38-33(4-2)18-16-32-17-19-35/h3,8-13,20,25,27,32,35H,4-7,14-19,21H2,1-2H3/b11-10+,23-3+,24-20+/t25-,27+/m0/s1. The van der Waals surface area contributed by atoms with Crippen molar-refractivity contribution in [1.82, 2.24) is 13.9 Å². The van der Waals surface area contributed by atoms with E-state index < -0.39 is 27.7 Å². The molecule has 1 aromatic carbocycles. The molecule has 1 aliphatic carbocycles. The third kappa shape index (κ3) is 8.86. The molecule has 0 bridgehead atoms. The van der Waals surface area contributed by atoms with Crippen LogP contribution < -0.4 is 5.32 Å². The van der Waals surface area contributed by atoms with Gasteiger partial charge in [0.1, 0.15) is 11.7 Å². The molecule has 2 fully saturated rings. The third-order valence-electron chi connectivity index (χ3n) is 7.34. The predicted molar refractivity (Wildman–Crippen MR) is 156 cm³/mol. The van der Waals surface area contributed by atoms with Gasteiger partial charge in [-0.3, -0.25) is 0 Å². The Bertz CT molecular complexity index is 1130. The van der Waals surface area contributed by atoms with Crippen LogP contribution in [-0.4, -0.2) is 72.8 Å². The van der Waals surface area contributed by atoms with E-state index in [0.29, 0.717) is 18.0 Å². The zero-order valence-corrected chi connectivity index (χ0v) is 25.0. The van der Waals surface area contributed by atoms with Crippen molar-refractivity contribution >= 4 is 33.6 Å². The number of benzene rings is 1. The first-order valence-electron chi connectivity index (χ1n) is 13.5. The average molecular weight is 604 g/mol. The molecule has 3 rings (SSSR count). The van der Waals surface area contributed by atoms with Crippen LogP contribution in [0, 0.1) is 5.41 Å². The smallest absolute Gasteiger partial charge is 0.243 e. The number of rotatable bonds is 15. The van der Waals surface area contributed by atoms with Crippen molar-refractivity contribution < 1.29 is 22.3 Å². The van der Waals surface area contributed by atoms with E-state index in [-0.39, 0.29) is 23.0 Å². The molecule has 1 aromatic rings. The second-order valence-electron chi connectivity index (χ2n) is 10.00. The summed E-state index contributed by atoms with van der Waals surface area (Å²) in [6, 6.07) is 5.36. The molecule has 39 heavy (non-hydrogen) atoms. The van der Waals surface area contributed by atoms with Crippen molar-refractivity contribution in [3.63, 3.8) is 0 Å². The molecule has 2 N–H and O–H groups in total.